The Morgan fingerprint density at radius 3 is 2.75 bits per heavy atom. The Morgan fingerprint density at radius 1 is 1.25 bits per heavy atom. The summed E-state index contributed by atoms with van der Waals surface area (Å²) in [6, 6.07) is -0.372. The van der Waals surface area contributed by atoms with Gasteiger partial charge in [-0.3, -0.25) is 4.79 Å². The van der Waals surface area contributed by atoms with Crippen LogP contribution in [0.4, 0.5) is 0 Å². The molecule has 0 fully saturated rings. The molecule has 0 radical (unpaired) electrons. The van der Waals surface area contributed by atoms with Crippen LogP contribution in [0.15, 0.2) is 10.2 Å². The minimum absolute atomic E-state index is 0.347. The third-order valence-corrected chi connectivity index (χ3v) is 2.04. The molecular formula is C8H15N3O. The van der Waals surface area contributed by atoms with Crippen LogP contribution in [0.3, 0.4) is 0 Å². The van der Waals surface area contributed by atoms with Gasteiger partial charge in [-0.2, -0.15) is 10.2 Å². The minimum Gasteiger partial charge on any atom is -0.368 e. The van der Waals surface area contributed by atoms with E-state index < -0.39 is 0 Å². The molecular weight excluding hydrogens is 154 g/mol. The Balaban J connectivity index is 2.46. The first-order valence-electron chi connectivity index (χ1n) is 4.46. The maximum absolute atomic E-state index is 10.8. The van der Waals surface area contributed by atoms with Crippen molar-refractivity contribution in [2.75, 3.05) is 6.54 Å². The molecule has 0 aliphatic carbocycles. The fourth-order valence-electron chi connectivity index (χ4n) is 1.29. The summed E-state index contributed by atoms with van der Waals surface area (Å²) in [6.45, 7) is 0.740. The molecule has 1 amide bonds. The van der Waals surface area contributed by atoms with E-state index in [4.69, 9.17) is 5.73 Å². The van der Waals surface area contributed by atoms with Crippen molar-refractivity contribution in [2.24, 2.45) is 16.0 Å². The third-order valence-electron chi connectivity index (χ3n) is 2.04. The summed E-state index contributed by atoms with van der Waals surface area (Å²) in [5, 5.41) is 7.81. The minimum atomic E-state index is -0.372. The van der Waals surface area contributed by atoms with Gasteiger partial charge in [-0.05, 0) is 12.8 Å². The second kappa shape index (κ2) is 4.85. The lowest BCUT2D eigenvalue weighted by Crippen LogP contribution is -2.26. The Bertz CT molecular complexity index is 179. The summed E-state index contributed by atoms with van der Waals surface area (Å²) in [7, 11) is 0. The van der Waals surface area contributed by atoms with E-state index in [1.165, 1.54) is 6.42 Å². The van der Waals surface area contributed by atoms with E-state index in [1.54, 1.807) is 0 Å². The summed E-state index contributed by atoms with van der Waals surface area (Å²) < 4.78 is 0. The van der Waals surface area contributed by atoms with Crippen molar-refractivity contribution < 1.29 is 4.79 Å². The number of nitrogens with two attached hydrogens (primary N) is 1. The number of rotatable bonds is 1. The molecule has 68 valence electrons. The second-order valence-corrected chi connectivity index (χ2v) is 3.10. The molecule has 0 aromatic carbocycles. The number of amides is 1. The van der Waals surface area contributed by atoms with Gasteiger partial charge in [0.2, 0.25) is 5.91 Å². The fraction of sp³-hybridized carbons (Fsp3) is 0.875. The van der Waals surface area contributed by atoms with Gasteiger partial charge in [0.05, 0.1) is 6.54 Å². The zero-order chi connectivity index (χ0) is 8.81. The van der Waals surface area contributed by atoms with Crippen molar-refractivity contribution in [3.63, 3.8) is 0 Å². The van der Waals surface area contributed by atoms with Crippen molar-refractivity contribution in [2.45, 2.75) is 38.1 Å². The smallest absolute Gasteiger partial charge is 0.244 e. The lowest BCUT2D eigenvalue weighted by Gasteiger charge is -2.04. The Hall–Kier alpha value is -0.930. The normalized spacial score (nSPS) is 25.5. The summed E-state index contributed by atoms with van der Waals surface area (Å²) in [6.07, 6.45) is 5.22. The Labute approximate surface area is 72.2 Å². The maximum atomic E-state index is 10.8. The van der Waals surface area contributed by atoms with Gasteiger partial charge >= 0.3 is 0 Å². The zero-order valence-electron chi connectivity index (χ0n) is 7.20. The van der Waals surface area contributed by atoms with Crippen molar-refractivity contribution in [1.29, 1.82) is 0 Å². The van der Waals surface area contributed by atoms with Gasteiger partial charge in [-0.15, -0.1) is 0 Å². The molecule has 0 bridgehead atoms. The van der Waals surface area contributed by atoms with Crippen LogP contribution >= 0.6 is 0 Å². The highest BCUT2D eigenvalue weighted by Gasteiger charge is 2.13. The molecule has 1 unspecified atom stereocenters. The van der Waals surface area contributed by atoms with E-state index in [1.807, 2.05) is 0 Å². The quantitative estimate of drug-likeness (QED) is 0.630. The second-order valence-electron chi connectivity index (χ2n) is 3.10. The molecule has 1 aliphatic rings. The molecule has 12 heavy (non-hydrogen) atoms. The van der Waals surface area contributed by atoms with Gasteiger partial charge in [0.25, 0.3) is 0 Å². The first kappa shape index (κ1) is 9.16. The van der Waals surface area contributed by atoms with Gasteiger partial charge in [0.1, 0.15) is 6.04 Å². The molecule has 1 aliphatic heterocycles. The summed E-state index contributed by atoms with van der Waals surface area (Å²) >= 11 is 0. The predicted octanol–water partition coefficient (Wildman–Crippen LogP) is 1.26. The number of nitrogens with zero attached hydrogens (tertiary/aromatic N) is 2. The van der Waals surface area contributed by atoms with Crippen molar-refractivity contribution >= 4 is 5.91 Å². The summed E-state index contributed by atoms with van der Waals surface area (Å²) in [5.74, 6) is -0.347. The number of hydrogen-bond donors (Lipinski definition) is 1. The van der Waals surface area contributed by atoms with Crippen LogP contribution in [0.25, 0.3) is 0 Å². The van der Waals surface area contributed by atoms with E-state index in [-0.39, 0.29) is 11.9 Å². The molecule has 0 saturated carbocycles. The van der Waals surface area contributed by atoms with Crippen LogP contribution in [0.2, 0.25) is 0 Å². The first-order valence-corrected chi connectivity index (χ1v) is 4.46. The molecule has 4 heteroatoms. The van der Waals surface area contributed by atoms with Gasteiger partial charge < -0.3 is 5.73 Å². The van der Waals surface area contributed by atoms with E-state index in [2.05, 4.69) is 10.2 Å². The predicted molar refractivity (Wildman–Crippen MR) is 45.8 cm³/mol. The first-order chi connectivity index (χ1) is 5.80. The molecule has 1 rings (SSSR count). The van der Waals surface area contributed by atoms with Crippen LogP contribution in [0, 0.1) is 0 Å². The lowest BCUT2D eigenvalue weighted by atomic mass is 10.1. The van der Waals surface area contributed by atoms with Crippen molar-refractivity contribution in [3.8, 4) is 0 Å². The molecule has 4 nitrogen and oxygen atoms in total. The number of carbonyl (C=O) groups excluding carboxylic acids is 1. The highest BCUT2D eigenvalue weighted by Crippen LogP contribution is 2.11. The maximum Gasteiger partial charge on any atom is 0.244 e. The third kappa shape index (κ3) is 2.98. The van der Waals surface area contributed by atoms with Crippen LogP contribution < -0.4 is 5.73 Å². The standard InChI is InChI=1S/C8H15N3O/c9-8(12)7-5-3-1-2-4-6-10-11-7/h7H,1-6H2,(H2,9,12). The van der Waals surface area contributed by atoms with E-state index in [0.717, 1.165) is 32.2 Å². The molecule has 0 spiro atoms. The van der Waals surface area contributed by atoms with E-state index >= 15 is 0 Å². The largest absolute Gasteiger partial charge is 0.368 e. The fourth-order valence-corrected chi connectivity index (χ4v) is 1.29. The van der Waals surface area contributed by atoms with Crippen LogP contribution in [-0.4, -0.2) is 18.5 Å². The highest BCUT2D eigenvalue weighted by atomic mass is 16.1. The number of hydrogen-bond acceptors (Lipinski definition) is 3. The summed E-state index contributed by atoms with van der Waals surface area (Å²) in [4.78, 5) is 10.8. The topological polar surface area (TPSA) is 67.8 Å². The average Bonchev–Trinajstić information content (AvgIpc) is 2.15. The molecule has 0 saturated heterocycles. The summed E-state index contributed by atoms with van der Waals surface area (Å²) in [5.41, 5.74) is 5.15. The van der Waals surface area contributed by atoms with Gasteiger partial charge in [0, 0.05) is 0 Å². The monoisotopic (exact) mass is 169 g/mol. The van der Waals surface area contributed by atoms with Gasteiger partial charge in [-0.25, -0.2) is 0 Å². The van der Waals surface area contributed by atoms with E-state index in [9.17, 15) is 4.79 Å². The lowest BCUT2D eigenvalue weighted by molar-refractivity contribution is -0.119. The molecule has 2 N–H and O–H groups in total. The molecule has 0 aromatic heterocycles. The van der Waals surface area contributed by atoms with Crippen molar-refractivity contribution in [3.05, 3.63) is 0 Å². The number of carbonyl (C=O) groups is 1. The highest BCUT2D eigenvalue weighted by molar-refractivity contribution is 5.79. The number of azo groups is 1. The Kier molecular flexibility index (Phi) is 3.70. The van der Waals surface area contributed by atoms with Crippen LogP contribution in [0.5, 0.6) is 0 Å². The zero-order valence-corrected chi connectivity index (χ0v) is 7.20. The average molecular weight is 169 g/mol. The molecule has 1 heterocycles. The van der Waals surface area contributed by atoms with E-state index in [0.29, 0.717) is 0 Å². The SMILES string of the molecule is NC(=O)C1CCCCCCN=N1. The van der Waals surface area contributed by atoms with Gasteiger partial charge in [0.15, 0.2) is 0 Å². The van der Waals surface area contributed by atoms with Crippen molar-refractivity contribution in [1.82, 2.24) is 0 Å². The Morgan fingerprint density at radius 2 is 2.00 bits per heavy atom. The van der Waals surface area contributed by atoms with Gasteiger partial charge in [-0.1, -0.05) is 19.3 Å². The molecule has 0 aromatic rings. The molecule has 1 atom stereocenters. The van der Waals surface area contributed by atoms with Crippen LogP contribution in [-0.2, 0) is 4.79 Å². The number of primary amides is 1. The van der Waals surface area contributed by atoms with Crippen LogP contribution in [0.1, 0.15) is 32.1 Å².